The zero-order valence-electron chi connectivity index (χ0n) is 81.8. The summed E-state index contributed by atoms with van der Waals surface area (Å²) in [6, 6.07) is 44.9. The molecule has 6 N–H and O–H groups in total. The number of fused-ring (bicyclic) bond motifs is 4. The van der Waals surface area contributed by atoms with Crippen LogP contribution in [0.15, 0.2) is 244 Å². The highest BCUT2D eigenvalue weighted by Crippen LogP contribution is 2.43. The van der Waals surface area contributed by atoms with E-state index in [1.165, 1.54) is 42.0 Å². The first kappa shape index (κ1) is 109. The minimum Gasteiger partial charge on any atom is -0.478 e. The second-order valence-corrected chi connectivity index (χ2v) is 37.6. The fourth-order valence-corrected chi connectivity index (χ4v) is 19.6. The van der Waals surface area contributed by atoms with Gasteiger partial charge in [-0.1, -0.05) is 110 Å². The lowest BCUT2D eigenvalue weighted by molar-refractivity contribution is -0.139. The van der Waals surface area contributed by atoms with Crippen LogP contribution >= 0.6 is 47.8 Å². The molecule has 40 heteroatoms. The number of imidazole rings is 4. The van der Waals surface area contributed by atoms with E-state index in [0.717, 1.165) is 208 Å². The van der Waals surface area contributed by atoms with Gasteiger partial charge in [0.15, 0.2) is 22.6 Å². The summed E-state index contributed by atoms with van der Waals surface area (Å²) in [6.07, 6.45) is 5.54. The van der Waals surface area contributed by atoms with Gasteiger partial charge in [0, 0.05) is 204 Å². The summed E-state index contributed by atoms with van der Waals surface area (Å²) < 4.78 is 189. The molecule has 0 saturated carbocycles. The van der Waals surface area contributed by atoms with Crippen molar-refractivity contribution < 1.29 is 95.9 Å². The van der Waals surface area contributed by atoms with Crippen LogP contribution in [-0.2, 0) is 66.1 Å². The maximum absolute atomic E-state index is 13.6. The lowest BCUT2D eigenvalue weighted by Crippen LogP contribution is -2.36. The molecule has 25 nitrogen and oxygen atoms in total. The summed E-state index contributed by atoms with van der Waals surface area (Å²) in [5.74, 6) is -3.19. The normalized spacial score (nSPS) is 14.1. The number of nitrogens with two attached hydrogens (primary N) is 1. The fourth-order valence-electron chi connectivity index (χ4n) is 18.1. The first-order chi connectivity index (χ1) is 71.8. The van der Waals surface area contributed by atoms with Crippen LogP contribution < -0.4 is 41.3 Å². The van der Waals surface area contributed by atoms with Crippen LogP contribution in [0.25, 0.3) is 67.1 Å². The zero-order chi connectivity index (χ0) is 107. The Hall–Kier alpha value is -14.2. The number of halogens is 15. The molecule has 4 aliphatic heterocycles. The number of ether oxygens (including phenoxy) is 4. The molecule has 8 aromatic heterocycles. The van der Waals surface area contributed by atoms with Crippen molar-refractivity contribution in [3.63, 3.8) is 0 Å². The fraction of sp³-hybridized carbons (Fsp3) is 0.273. The largest absolute Gasteiger partial charge is 0.478 e. The maximum atomic E-state index is 13.6. The molecule has 3 amide bonds. The molecule has 8 aromatic carbocycles. The van der Waals surface area contributed by atoms with Gasteiger partial charge >= 0.3 is 30.7 Å². The number of nitrogen functional groups attached to an aromatic ring is 1. The van der Waals surface area contributed by atoms with Crippen LogP contribution in [0.2, 0.25) is 0 Å². The molecule has 0 unspecified atom stereocenters. The molecule has 150 heavy (non-hydrogen) atoms. The van der Waals surface area contributed by atoms with E-state index < -0.39 is 70.6 Å². The van der Waals surface area contributed by atoms with Crippen LogP contribution in [0, 0.1) is 27.7 Å². The Morgan fingerprint density at radius 2 is 0.587 bits per heavy atom. The summed E-state index contributed by atoms with van der Waals surface area (Å²) in [6.45, 7) is 21.6. The van der Waals surface area contributed by atoms with Crippen LogP contribution in [0.1, 0.15) is 122 Å². The molecule has 4 aliphatic rings. The maximum Gasteiger partial charge on any atom is 0.416 e. The molecule has 0 atom stereocenters. The van der Waals surface area contributed by atoms with E-state index in [-0.39, 0.29) is 60.5 Å². The van der Waals surface area contributed by atoms with Crippen molar-refractivity contribution in [3.8, 4) is 44.5 Å². The van der Waals surface area contributed by atoms with Crippen molar-refractivity contribution in [3.05, 3.63) is 333 Å². The quantitative estimate of drug-likeness (QED) is 0.0269. The number of hydrogen-bond acceptors (Lipinski definition) is 17. The van der Waals surface area contributed by atoms with Gasteiger partial charge in [-0.3, -0.25) is 14.4 Å². The number of hydrogen-bond donors (Lipinski definition) is 5. The molecule has 20 rings (SSSR count). The number of nitrogens with one attached hydrogen (secondary N) is 3. The average molecular weight is 2260 g/mol. The number of aromatic nitrogens is 8. The Bertz CT molecular complexity index is 7390. The SMILES string of the molecule is CCCc1ccc(C(=O)Nc2ccc(C)c(-c3cc(N4CCOCC4)c4nccn4c3)c2)cc1C(F)(F)F.Cc1ccc(N)cc1-c1cc(N2CCOCC2)c2nccn2c1.Cc1ccc(NC(=O)c2ccc(CBr)c(C(F)(F)F)c2)cc1-c1cc(N2CCOCC2)c2nccn2c1.Cc1ccc(NC(=O)c2ccc(CBr)c(C(F)(F)F)c2)cc1-c1cc(N2CCOCC2)c2nccn2c1.O=C(O)c1ccc(CBr)c(C(F)(F)F)c1. The minimum absolute atomic E-state index is 0.0208. The number of morpholine rings is 4. The molecule has 16 aromatic rings. The summed E-state index contributed by atoms with van der Waals surface area (Å²) in [4.78, 5) is 76.5. The van der Waals surface area contributed by atoms with Crippen molar-refractivity contribution in [1.82, 2.24) is 37.5 Å². The van der Waals surface area contributed by atoms with E-state index in [9.17, 15) is 71.9 Å². The lowest BCUT2D eigenvalue weighted by Gasteiger charge is -2.29. The molecule has 0 bridgehead atoms. The number of alkyl halides is 15. The van der Waals surface area contributed by atoms with Crippen LogP contribution in [0.3, 0.4) is 0 Å². The number of rotatable bonds is 20. The number of anilines is 8. The number of carboxylic acids is 1. The van der Waals surface area contributed by atoms with E-state index in [2.05, 4.69) is 151 Å². The van der Waals surface area contributed by atoms with Gasteiger partial charge in [-0.2, -0.15) is 52.7 Å². The zero-order valence-corrected chi connectivity index (χ0v) is 86.5. The predicted molar refractivity (Wildman–Crippen MR) is 566 cm³/mol. The number of amides is 3. The highest BCUT2D eigenvalue weighted by atomic mass is 79.9. The Morgan fingerprint density at radius 1 is 0.340 bits per heavy atom. The average Bonchev–Trinajstić information content (AvgIpc) is 1.60. The second-order valence-electron chi connectivity index (χ2n) is 35.9. The molecule has 12 heterocycles. The van der Waals surface area contributed by atoms with E-state index in [1.54, 1.807) is 36.8 Å². The number of pyridine rings is 4. The van der Waals surface area contributed by atoms with E-state index in [0.29, 0.717) is 75.6 Å². The third kappa shape index (κ3) is 25.8. The van der Waals surface area contributed by atoms with Crippen LogP contribution in [0.4, 0.5) is 98.2 Å². The summed E-state index contributed by atoms with van der Waals surface area (Å²) in [5, 5.41) is 17.0. The first-order valence-electron chi connectivity index (χ1n) is 47.8. The van der Waals surface area contributed by atoms with E-state index in [4.69, 9.17) is 29.8 Å². The van der Waals surface area contributed by atoms with Gasteiger partial charge in [-0.15, -0.1) is 0 Å². The van der Waals surface area contributed by atoms with Crippen LogP contribution in [-0.4, -0.2) is 172 Å². The van der Waals surface area contributed by atoms with Crippen molar-refractivity contribution in [2.75, 3.05) is 146 Å². The van der Waals surface area contributed by atoms with Gasteiger partial charge in [0.05, 0.1) is 103 Å². The molecular formula is C110H103Br3F12N16O9. The summed E-state index contributed by atoms with van der Waals surface area (Å²) in [7, 11) is 0. The van der Waals surface area contributed by atoms with Crippen molar-refractivity contribution in [1.29, 1.82) is 0 Å². The Labute approximate surface area is 879 Å². The van der Waals surface area contributed by atoms with Crippen LogP contribution in [0.5, 0.6) is 0 Å². The molecule has 782 valence electrons. The topological polar surface area (TPSA) is 270 Å². The third-order valence-electron chi connectivity index (χ3n) is 25.9. The monoisotopic (exact) mass is 2260 g/mol. The molecule has 0 spiro atoms. The van der Waals surface area contributed by atoms with Crippen molar-refractivity contribution in [2.24, 2.45) is 0 Å². The van der Waals surface area contributed by atoms with Crippen molar-refractivity contribution in [2.45, 2.75) is 88.2 Å². The molecule has 0 aliphatic carbocycles. The molecule has 4 fully saturated rings. The van der Waals surface area contributed by atoms with E-state index in [1.807, 2.05) is 139 Å². The third-order valence-corrected chi connectivity index (χ3v) is 27.7. The van der Waals surface area contributed by atoms with E-state index >= 15 is 0 Å². The number of benzene rings is 8. The predicted octanol–water partition coefficient (Wildman–Crippen LogP) is 25.0. The van der Waals surface area contributed by atoms with Gasteiger partial charge in [0.25, 0.3) is 17.7 Å². The highest BCUT2D eigenvalue weighted by Gasteiger charge is 2.39. The summed E-state index contributed by atoms with van der Waals surface area (Å²) in [5.41, 5.74) is 24.4. The number of carbonyl (C=O) groups excluding carboxylic acids is 3. The van der Waals surface area contributed by atoms with Gasteiger partial charge in [0.2, 0.25) is 0 Å². The summed E-state index contributed by atoms with van der Waals surface area (Å²) >= 11 is 9.08. The molecule has 4 saturated heterocycles. The molecular weight excluding hydrogens is 2160 g/mol. The molecule has 0 radical (unpaired) electrons. The second kappa shape index (κ2) is 47.4. The van der Waals surface area contributed by atoms with Gasteiger partial charge < -0.3 is 82.9 Å². The standard InChI is InChI=1S/C29H29F3N4O2.2C27H24BrF3N4O2.C18H20N4O.C9H6BrF3O2/c1-3-4-20-6-7-21(15-25(20)29(30,31)32)28(37)34-23-8-5-19(2)24(17-23)22-16-26(35-11-13-38-14-12-35)27-33-9-10-36(27)18-22;2*1-17-2-5-21(33-26(36)18-3-4-19(15-28)23(12-18)27(29,30)31)14-22(17)20-13-24(34-8-10-37-11-9-34)25-32-6-7-35(25)16-20;1-13-2-3-15(19)11-16(13)14-10-17(21-6-8-23-9-7-21)18-20-4-5-22(18)12-14;10-4-6-2-1-5(8(14)15)3-7(6)9(11,12)13/h5-10,15-18H,3-4,11-14H2,1-2H3,(H,34,37);2*2-7,12-14,16H,8-11,15H2,1H3,(H,33,36);2-5,10-12H,6-9,19H2,1H3;1-3H,4H2,(H,14,15). The Balaban J connectivity index is 0.000000137. The van der Waals surface area contributed by atoms with Gasteiger partial charge in [-0.25, -0.2) is 24.7 Å². The number of carbonyl (C=O) groups is 4. The number of aromatic carboxylic acids is 1. The Kier molecular flexibility index (Phi) is 34.3. The highest BCUT2D eigenvalue weighted by molar-refractivity contribution is 9.09. The number of aryl methyl sites for hydroxylation is 5. The number of carboxylic acid groups (broad SMARTS) is 1. The smallest absolute Gasteiger partial charge is 0.416 e. The Morgan fingerprint density at radius 3 is 0.847 bits per heavy atom. The first-order valence-corrected chi connectivity index (χ1v) is 51.2. The van der Waals surface area contributed by atoms with Crippen molar-refractivity contribution >= 4 is 140 Å². The minimum atomic E-state index is -4.55. The lowest BCUT2D eigenvalue weighted by atomic mass is 9.99. The van der Waals surface area contributed by atoms with Gasteiger partial charge in [-0.05, 0) is 222 Å². The number of nitrogens with zero attached hydrogens (tertiary/aromatic N) is 12. The van der Waals surface area contributed by atoms with Gasteiger partial charge in [0.1, 0.15) is 0 Å².